The number of carbonyl (C=O) groups excluding carboxylic acids is 1. The number of anilines is 1. The van der Waals surface area contributed by atoms with Gasteiger partial charge in [0.05, 0.1) is 17.9 Å². The quantitative estimate of drug-likeness (QED) is 0.848. The molecule has 25 heavy (non-hydrogen) atoms. The Labute approximate surface area is 145 Å². The van der Waals surface area contributed by atoms with E-state index in [9.17, 15) is 9.18 Å². The van der Waals surface area contributed by atoms with E-state index in [1.165, 1.54) is 29.2 Å². The smallest absolute Gasteiger partial charge is 0.238 e. The van der Waals surface area contributed by atoms with E-state index in [0.717, 1.165) is 19.5 Å². The third kappa shape index (κ3) is 3.99. The number of tetrazole rings is 1. The Kier molecular flexibility index (Phi) is 4.78. The van der Waals surface area contributed by atoms with E-state index in [-0.39, 0.29) is 29.6 Å². The summed E-state index contributed by atoms with van der Waals surface area (Å²) in [4.78, 5) is 14.4. The minimum atomic E-state index is -0.508. The molecule has 0 radical (unpaired) electrons. The molecule has 0 aliphatic carbocycles. The third-order valence-electron chi connectivity index (χ3n) is 4.60. The van der Waals surface area contributed by atoms with Gasteiger partial charge in [0.25, 0.3) is 0 Å². The van der Waals surface area contributed by atoms with E-state index in [0.29, 0.717) is 5.69 Å². The predicted molar refractivity (Wildman–Crippen MR) is 90.6 cm³/mol. The number of carbonyl (C=O) groups is 1. The van der Waals surface area contributed by atoms with Crippen LogP contribution in [0.5, 0.6) is 0 Å². The van der Waals surface area contributed by atoms with Crippen molar-refractivity contribution in [2.24, 2.45) is 11.1 Å². The number of hydrogen-bond donors (Lipinski definition) is 2. The molecule has 2 aromatic rings. The van der Waals surface area contributed by atoms with Gasteiger partial charge in [0.2, 0.25) is 5.91 Å². The Bertz CT molecular complexity index is 747. The summed E-state index contributed by atoms with van der Waals surface area (Å²) in [5.74, 6) is -0.773. The van der Waals surface area contributed by atoms with Crippen molar-refractivity contribution in [3.8, 4) is 5.69 Å². The van der Waals surface area contributed by atoms with Crippen LogP contribution >= 0.6 is 0 Å². The predicted octanol–water partition coefficient (Wildman–Crippen LogP) is 0.799. The number of nitrogens with two attached hydrogens (primary N) is 1. The number of nitrogens with one attached hydrogen (secondary N) is 1. The normalized spacial score (nSPS) is 20.4. The number of amides is 1. The molecule has 1 aliphatic rings. The summed E-state index contributed by atoms with van der Waals surface area (Å²) in [5, 5.41) is 13.5. The van der Waals surface area contributed by atoms with Gasteiger partial charge in [-0.3, -0.25) is 9.69 Å². The number of benzene rings is 1. The van der Waals surface area contributed by atoms with Crippen LogP contribution < -0.4 is 11.1 Å². The molecule has 3 N–H and O–H groups in total. The molecule has 1 atom stereocenters. The van der Waals surface area contributed by atoms with Gasteiger partial charge in [0, 0.05) is 19.1 Å². The molecule has 9 heteroatoms. The zero-order chi connectivity index (χ0) is 18.0. The molecular weight excluding hydrogens is 325 g/mol. The minimum absolute atomic E-state index is 0.0518. The van der Waals surface area contributed by atoms with Crippen LogP contribution in [-0.4, -0.2) is 56.7 Å². The zero-order valence-corrected chi connectivity index (χ0v) is 14.3. The average Bonchev–Trinajstić information content (AvgIpc) is 3.07. The molecule has 1 fully saturated rings. The van der Waals surface area contributed by atoms with E-state index < -0.39 is 5.82 Å². The summed E-state index contributed by atoms with van der Waals surface area (Å²) < 4.78 is 15.4. The molecule has 134 valence electrons. The summed E-state index contributed by atoms with van der Waals surface area (Å²) in [6, 6.07) is 4.43. The Hall–Kier alpha value is -2.39. The van der Waals surface area contributed by atoms with Crippen LogP contribution in [0.4, 0.5) is 10.1 Å². The Morgan fingerprint density at radius 1 is 1.48 bits per heavy atom. The number of rotatable bonds is 4. The second-order valence-corrected chi connectivity index (χ2v) is 7.06. The van der Waals surface area contributed by atoms with E-state index in [1.54, 1.807) is 0 Å². The minimum Gasteiger partial charge on any atom is -0.327 e. The van der Waals surface area contributed by atoms with Gasteiger partial charge in [-0.2, -0.15) is 0 Å². The summed E-state index contributed by atoms with van der Waals surface area (Å²) >= 11 is 0. The summed E-state index contributed by atoms with van der Waals surface area (Å²) in [6.45, 7) is 5.87. The van der Waals surface area contributed by atoms with Gasteiger partial charge < -0.3 is 11.1 Å². The molecule has 2 heterocycles. The number of halogens is 1. The molecular formula is C16H22FN7O. The van der Waals surface area contributed by atoms with Crippen molar-refractivity contribution in [3.63, 3.8) is 0 Å². The first kappa shape index (κ1) is 17.4. The highest BCUT2D eigenvalue weighted by Crippen LogP contribution is 2.27. The van der Waals surface area contributed by atoms with Crippen molar-refractivity contribution in [1.29, 1.82) is 0 Å². The first-order valence-corrected chi connectivity index (χ1v) is 8.16. The molecule has 3 rings (SSSR count). The second-order valence-electron chi connectivity index (χ2n) is 7.06. The van der Waals surface area contributed by atoms with Gasteiger partial charge in [-0.05, 0) is 40.5 Å². The number of piperidine rings is 1. The van der Waals surface area contributed by atoms with Gasteiger partial charge in [0.15, 0.2) is 0 Å². The lowest BCUT2D eigenvalue weighted by Gasteiger charge is -2.42. The van der Waals surface area contributed by atoms with Gasteiger partial charge in [-0.25, -0.2) is 9.07 Å². The zero-order valence-electron chi connectivity index (χ0n) is 14.3. The van der Waals surface area contributed by atoms with Crippen LogP contribution in [0.15, 0.2) is 24.5 Å². The largest absolute Gasteiger partial charge is 0.327 e. The van der Waals surface area contributed by atoms with Crippen molar-refractivity contribution in [3.05, 3.63) is 30.3 Å². The number of nitrogens with zero attached hydrogens (tertiary/aromatic N) is 5. The van der Waals surface area contributed by atoms with Crippen molar-refractivity contribution >= 4 is 11.6 Å². The average molecular weight is 347 g/mol. The number of hydrogen-bond acceptors (Lipinski definition) is 6. The topological polar surface area (TPSA) is 102 Å². The fourth-order valence-corrected chi connectivity index (χ4v) is 3.04. The summed E-state index contributed by atoms with van der Waals surface area (Å²) in [5.41, 5.74) is 6.73. The van der Waals surface area contributed by atoms with Crippen LogP contribution in [0.3, 0.4) is 0 Å². The van der Waals surface area contributed by atoms with Crippen molar-refractivity contribution in [2.45, 2.75) is 26.3 Å². The SMILES string of the molecule is CC1(C)CN(CC(=O)Nc2cc(-n3cnnn3)ccc2F)CCC1N. The van der Waals surface area contributed by atoms with Crippen molar-refractivity contribution in [1.82, 2.24) is 25.1 Å². The van der Waals surface area contributed by atoms with Gasteiger partial charge >= 0.3 is 0 Å². The lowest BCUT2D eigenvalue weighted by molar-refractivity contribution is -0.118. The fraction of sp³-hybridized carbons (Fsp3) is 0.500. The molecule has 1 aromatic carbocycles. The van der Waals surface area contributed by atoms with Crippen LogP contribution in [0.25, 0.3) is 5.69 Å². The summed E-state index contributed by atoms with van der Waals surface area (Å²) in [6.07, 6.45) is 2.24. The van der Waals surface area contributed by atoms with Gasteiger partial charge in [-0.1, -0.05) is 13.8 Å². The van der Waals surface area contributed by atoms with Crippen LogP contribution in [0, 0.1) is 11.2 Å². The third-order valence-corrected chi connectivity index (χ3v) is 4.60. The summed E-state index contributed by atoms with van der Waals surface area (Å²) in [7, 11) is 0. The van der Waals surface area contributed by atoms with E-state index >= 15 is 0 Å². The Morgan fingerprint density at radius 3 is 2.96 bits per heavy atom. The molecule has 1 aromatic heterocycles. The highest BCUT2D eigenvalue weighted by atomic mass is 19.1. The van der Waals surface area contributed by atoms with Crippen LogP contribution in [0.2, 0.25) is 0 Å². The number of likely N-dealkylation sites (tertiary alicyclic amines) is 1. The molecule has 0 bridgehead atoms. The monoisotopic (exact) mass is 347 g/mol. The molecule has 0 spiro atoms. The molecule has 0 saturated carbocycles. The first-order chi connectivity index (χ1) is 11.8. The Morgan fingerprint density at radius 2 is 2.28 bits per heavy atom. The lowest BCUT2D eigenvalue weighted by atomic mass is 9.80. The van der Waals surface area contributed by atoms with E-state index in [4.69, 9.17) is 5.73 Å². The second kappa shape index (κ2) is 6.85. The molecule has 1 amide bonds. The maximum Gasteiger partial charge on any atom is 0.238 e. The number of aromatic nitrogens is 4. The van der Waals surface area contributed by atoms with Crippen molar-refractivity contribution < 1.29 is 9.18 Å². The van der Waals surface area contributed by atoms with Gasteiger partial charge in [0.1, 0.15) is 12.1 Å². The molecule has 1 aliphatic heterocycles. The van der Waals surface area contributed by atoms with Crippen LogP contribution in [-0.2, 0) is 4.79 Å². The molecule has 1 saturated heterocycles. The standard InChI is InChI=1S/C16H22FN7O/c1-16(2)9-23(6-5-14(16)18)8-15(25)20-13-7-11(3-4-12(13)17)24-10-19-21-22-24/h3-4,7,10,14H,5-6,8-9,18H2,1-2H3,(H,20,25). The van der Waals surface area contributed by atoms with E-state index in [2.05, 4.69) is 34.7 Å². The fourth-order valence-electron chi connectivity index (χ4n) is 3.04. The molecule has 1 unspecified atom stereocenters. The highest BCUT2D eigenvalue weighted by molar-refractivity contribution is 5.92. The maximum absolute atomic E-state index is 14.0. The van der Waals surface area contributed by atoms with Gasteiger partial charge in [-0.15, -0.1) is 5.10 Å². The maximum atomic E-state index is 14.0. The van der Waals surface area contributed by atoms with E-state index in [1.807, 2.05) is 4.90 Å². The van der Waals surface area contributed by atoms with Crippen LogP contribution in [0.1, 0.15) is 20.3 Å². The molecule has 8 nitrogen and oxygen atoms in total. The Balaban J connectivity index is 1.66. The lowest BCUT2D eigenvalue weighted by Crippen LogP contribution is -2.53. The van der Waals surface area contributed by atoms with Crippen molar-refractivity contribution in [2.75, 3.05) is 25.0 Å². The highest BCUT2D eigenvalue weighted by Gasteiger charge is 2.33. The first-order valence-electron chi connectivity index (χ1n) is 8.16.